The van der Waals surface area contributed by atoms with E-state index in [0.29, 0.717) is 18.8 Å². The van der Waals surface area contributed by atoms with E-state index in [4.69, 9.17) is 0 Å². The van der Waals surface area contributed by atoms with Gasteiger partial charge in [-0.25, -0.2) is 8.42 Å². The third-order valence-corrected chi connectivity index (χ3v) is 6.13. The van der Waals surface area contributed by atoms with Crippen LogP contribution in [0, 0.1) is 13.8 Å². The number of aromatic nitrogens is 4. The van der Waals surface area contributed by atoms with Gasteiger partial charge in [-0.15, -0.1) is 0 Å². The average molecular weight is 335 g/mol. The second-order valence-electron chi connectivity index (χ2n) is 6.04. The molecule has 1 atom stereocenters. The van der Waals surface area contributed by atoms with Gasteiger partial charge in [0.1, 0.15) is 4.90 Å². The van der Waals surface area contributed by atoms with Gasteiger partial charge in [0, 0.05) is 44.6 Å². The number of piperidine rings is 1. The number of nitrogens with zero attached hydrogens (tertiary/aromatic N) is 5. The Morgan fingerprint density at radius 1 is 1.26 bits per heavy atom. The third-order valence-electron chi connectivity index (χ3n) is 4.16. The van der Waals surface area contributed by atoms with Gasteiger partial charge in [-0.1, -0.05) is 0 Å². The van der Waals surface area contributed by atoms with E-state index < -0.39 is 10.0 Å². The van der Waals surface area contributed by atoms with Crippen molar-refractivity contribution in [3.8, 4) is 0 Å². The van der Waals surface area contributed by atoms with Crippen molar-refractivity contribution in [2.75, 3.05) is 13.1 Å². The summed E-state index contributed by atoms with van der Waals surface area (Å²) in [5.74, 6) is 0.0860. The maximum Gasteiger partial charge on any atom is 0.246 e. The Hall–Kier alpha value is -1.80. The first kappa shape index (κ1) is 16.1. The molecule has 0 radical (unpaired) electrons. The van der Waals surface area contributed by atoms with Crippen LogP contribution in [0.5, 0.6) is 0 Å². The molecule has 0 N–H and O–H groups in total. The molecule has 2 aromatic heterocycles. The summed E-state index contributed by atoms with van der Waals surface area (Å²) in [6.07, 6.45) is 6.76. The lowest BCUT2D eigenvalue weighted by molar-refractivity contribution is 0.312. The molecule has 23 heavy (non-hydrogen) atoms. The normalized spacial score (nSPS) is 19.9. The zero-order chi connectivity index (χ0) is 16.6. The molecule has 2 aromatic rings. The van der Waals surface area contributed by atoms with Crippen molar-refractivity contribution < 1.29 is 8.42 Å². The lowest BCUT2D eigenvalue weighted by Crippen LogP contribution is -2.39. The molecule has 1 fully saturated rings. The van der Waals surface area contributed by atoms with E-state index in [-0.39, 0.29) is 10.8 Å². The van der Waals surface area contributed by atoms with Crippen LogP contribution in [0.15, 0.2) is 23.5 Å². The quantitative estimate of drug-likeness (QED) is 0.847. The van der Waals surface area contributed by atoms with Gasteiger partial charge >= 0.3 is 0 Å². The summed E-state index contributed by atoms with van der Waals surface area (Å²) in [5.41, 5.74) is 2.25. The van der Waals surface area contributed by atoms with Crippen LogP contribution in [-0.4, -0.2) is 45.6 Å². The van der Waals surface area contributed by atoms with E-state index in [1.165, 1.54) is 4.68 Å². The summed E-state index contributed by atoms with van der Waals surface area (Å²) in [5, 5.41) is 4.15. The number of hydrogen-bond donors (Lipinski definition) is 0. The van der Waals surface area contributed by atoms with Crippen LogP contribution in [0.2, 0.25) is 0 Å². The van der Waals surface area contributed by atoms with Crippen molar-refractivity contribution in [3.63, 3.8) is 0 Å². The molecule has 1 aliphatic rings. The van der Waals surface area contributed by atoms with E-state index in [2.05, 4.69) is 15.1 Å². The maximum absolute atomic E-state index is 12.9. The fourth-order valence-electron chi connectivity index (χ4n) is 3.05. The minimum absolute atomic E-state index is 0.0860. The number of rotatable bonds is 3. The standard InChI is InChI=1S/C15H21N5O2S/c1-11-7-16-8-14(17-11)13-5-4-6-20(9-13)23(21,22)15-10-19(3)18-12(15)2/h7-8,10,13H,4-6,9H2,1-3H3. The monoisotopic (exact) mass is 335 g/mol. The Balaban J connectivity index is 1.87. The first-order valence-corrected chi connectivity index (χ1v) is 9.11. The zero-order valence-electron chi connectivity index (χ0n) is 13.6. The highest BCUT2D eigenvalue weighted by Crippen LogP contribution is 2.29. The molecule has 1 unspecified atom stereocenters. The second kappa shape index (κ2) is 6.01. The van der Waals surface area contributed by atoms with Crippen LogP contribution in [0.1, 0.15) is 35.8 Å². The molecule has 3 rings (SSSR count). The molecule has 0 bridgehead atoms. The zero-order valence-corrected chi connectivity index (χ0v) is 14.4. The lowest BCUT2D eigenvalue weighted by atomic mass is 9.96. The van der Waals surface area contributed by atoms with Crippen molar-refractivity contribution in [1.29, 1.82) is 0 Å². The van der Waals surface area contributed by atoms with Gasteiger partial charge in [0.25, 0.3) is 0 Å². The highest BCUT2D eigenvalue weighted by molar-refractivity contribution is 7.89. The Kier molecular flexibility index (Phi) is 4.20. The van der Waals surface area contributed by atoms with Crippen molar-refractivity contribution in [2.45, 2.75) is 37.5 Å². The minimum Gasteiger partial charge on any atom is -0.274 e. The number of aryl methyl sites for hydroxylation is 3. The van der Waals surface area contributed by atoms with Crippen molar-refractivity contribution in [3.05, 3.63) is 35.7 Å². The molecule has 0 aliphatic carbocycles. The van der Waals surface area contributed by atoms with Gasteiger partial charge in [-0.2, -0.15) is 9.40 Å². The van der Waals surface area contributed by atoms with Crippen molar-refractivity contribution in [1.82, 2.24) is 24.1 Å². The molecular weight excluding hydrogens is 314 g/mol. The summed E-state index contributed by atoms with van der Waals surface area (Å²) in [4.78, 5) is 8.97. The van der Waals surface area contributed by atoms with Gasteiger partial charge < -0.3 is 0 Å². The molecule has 1 saturated heterocycles. The second-order valence-corrected chi connectivity index (χ2v) is 7.95. The largest absolute Gasteiger partial charge is 0.274 e. The highest BCUT2D eigenvalue weighted by Gasteiger charge is 2.33. The summed E-state index contributed by atoms with van der Waals surface area (Å²) in [7, 11) is -1.79. The molecule has 8 heteroatoms. The fraction of sp³-hybridized carbons (Fsp3) is 0.533. The number of sulfonamides is 1. The minimum atomic E-state index is -3.52. The molecule has 0 amide bonds. The molecule has 0 aromatic carbocycles. The smallest absolute Gasteiger partial charge is 0.246 e. The Bertz CT molecular complexity index is 815. The van der Waals surface area contributed by atoms with Crippen LogP contribution in [-0.2, 0) is 17.1 Å². The van der Waals surface area contributed by atoms with E-state index in [9.17, 15) is 8.42 Å². The molecule has 124 valence electrons. The van der Waals surface area contributed by atoms with Crippen molar-refractivity contribution in [2.24, 2.45) is 7.05 Å². The van der Waals surface area contributed by atoms with Gasteiger partial charge in [-0.05, 0) is 26.7 Å². The SMILES string of the molecule is Cc1cncc(C2CCCN(S(=O)(=O)c3cn(C)nc3C)C2)n1. The topological polar surface area (TPSA) is 81.0 Å². The van der Waals surface area contributed by atoms with E-state index in [0.717, 1.165) is 24.2 Å². The summed E-state index contributed by atoms with van der Waals surface area (Å²) in [6, 6.07) is 0. The molecule has 1 aliphatic heterocycles. The van der Waals surface area contributed by atoms with Gasteiger partial charge in [-0.3, -0.25) is 14.6 Å². The summed E-state index contributed by atoms with van der Waals surface area (Å²) >= 11 is 0. The molecule has 3 heterocycles. The molecule has 0 saturated carbocycles. The summed E-state index contributed by atoms with van der Waals surface area (Å²) in [6.45, 7) is 4.59. The van der Waals surface area contributed by atoms with E-state index in [1.807, 2.05) is 6.92 Å². The first-order valence-electron chi connectivity index (χ1n) is 7.67. The van der Waals surface area contributed by atoms with Crippen LogP contribution >= 0.6 is 0 Å². The van der Waals surface area contributed by atoms with Gasteiger partial charge in [0.05, 0.1) is 17.1 Å². The number of hydrogen-bond acceptors (Lipinski definition) is 5. The van der Waals surface area contributed by atoms with E-state index in [1.54, 1.807) is 36.9 Å². The Morgan fingerprint density at radius 3 is 2.70 bits per heavy atom. The van der Waals surface area contributed by atoms with Crippen LogP contribution in [0.25, 0.3) is 0 Å². The maximum atomic E-state index is 12.9. The Morgan fingerprint density at radius 2 is 2.04 bits per heavy atom. The first-order chi connectivity index (χ1) is 10.9. The molecule has 0 spiro atoms. The Labute approximate surface area is 136 Å². The van der Waals surface area contributed by atoms with Crippen molar-refractivity contribution >= 4 is 10.0 Å². The fourth-order valence-corrected chi connectivity index (χ4v) is 4.78. The molecular formula is C15H21N5O2S. The van der Waals surface area contributed by atoms with Crippen LogP contribution in [0.3, 0.4) is 0 Å². The predicted molar refractivity (Wildman–Crippen MR) is 85.4 cm³/mol. The van der Waals surface area contributed by atoms with E-state index >= 15 is 0 Å². The molecule has 7 nitrogen and oxygen atoms in total. The average Bonchev–Trinajstić information content (AvgIpc) is 2.87. The van der Waals surface area contributed by atoms with Crippen LogP contribution < -0.4 is 0 Å². The highest BCUT2D eigenvalue weighted by atomic mass is 32.2. The predicted octanol–water partition coefficient (Wildman–Crippen LogP) is 1.40. The third kappa shape index (κ3) is 3.13. The van der Waals surface area contributed by atoms with Crippen LogP contribution in [0.4, 0.5) is 0 Å². The lowest BCUT2D eigenvalue weighted by Gasteiger charge is -2.31. The van der Waals surface area contributed by atoms with Gasteiger partial charge in [0.15, 0.2) is 0 Å². The van der Waals surface area contributed by atoms with Gasteiger partial charge in [0.2, 0.25) is 10.0 Å². The summed E-state index contributed by atoms with van der Waals surface area (Å²) < 4.78 is 28.9.